The highest BCUT2D eigenvalue weighted by Crippen LogP contribution is 2.28. The van der Waals surface area contributed by atoms with Gasteiger partial charge in [0, 0.05) is 49.0 Å². The van der Waals surface area contributed by atoms with Crippen molar-refractivity contribution in [2.45, 2.75) is 119 Å². The van der Waals surface area contributed by atoms with Gasteiger partial charge >= 0.3 is 12.0 Å². The van der Waals surface area contributed by atoms with E-state index in [1.807, 2.05) is 0 Å². The van der Waals surface area contributed by atoms with Crippen LogP contribution in [-0.4, -0.2) is 94.3 Å². The minimum atomic E-state index is -1.01. The monoisotopic (exact) mass is 627 g/mol. The predicted molar refractivity (Wildman–Crippen MR) is 154 cm³/mol. The number of halogens is 1. The maximum absolute atomic E-state index is 12.7. The zero-order chi connectivity index (χ0) is 29.1. The van der Waals surface area contributed by atoms with Crippen molar-refractivity contribution in [3.05, 3.63) is 0 Å². The van der Waals surface area contributed by atoms with Gasteiger partial charge < -0.3 is 30.9 Å². The average Bonchev–Trinajstić information content (AvgIpc) is 2.93. The van der Waals surface area contributed by atoms with Crippen LogP contribution in [0.4, 0.5) is 4.79 Å². The molecule has 40 heavy (non-hydrogen) atoms. The van der Waals surface area contributed by atoms with Crippen molar-refractivity contribution < 1.29 is 29.1 Å². The summed E-state index contributed by atoms with van der Waals surface area (Å²) in [5.74, 6) is -0.829. The Morgan fingerprint density at radius 2 is 1.50 bits per heavy atom. The van der Waals surface area contributed by atoms with Crippen LogP contribution in [0, 0.1) is 5.92 Å². The first-order valence-electron chi connectivity index (χ1n) is 14.8. The highest BCUT2D eigenvalue weighted by Gasteiger charge is 2.30. The molecule has 2 atom stereocenters. The van der Waals surface area contributed by atoms with Gasteiger partial charge in [-0.1, -0.05) is 28.8 Å². The summed E-state index contributed by atoms with van der Waals surface area (Å²) < 4.78 is 0. The molecule has 5 amide bonds. The van der Waals surface area contributed by atoms with Gasteiger partial charge in [0.1, 0.15) is 0 Å². The molecule has 3 rings (SSSR count). The second kappa shape index (κ2) is 16.2. The SMILES string of the molecule is CN(C(=O)CN(C=O)CCC(=O)O)C1CCC(NC(=O)CC2CCC(NC(=O)NC3CCCCC3Br)CC2)CC1. The number of hydrogen-bond acceptors (Lipinski definition) is 5. The van der Waals surface area contributed by atoms with E-state index in [0.717, 1.165) is 70.6 Å². The molecule has 12 heteroatoms. The fourth-order valence-corrected chi connectivity index (χ4v) is 6.93. The van der Waals surface area contributed by atoms with Gasteiger partial charge in [-0.05, 0) is 70.1 Å². The third-order valence-corrected chi connectivity index (χ3v) is 9.85. The van der Waals surface area contributed by atoms with Crippen molar-refractivity contribution in [3.63, 3.8) is 0 Å². The molecule has 0 aromatic carbocycles. The van der Waals surface area contributed by atoms with E-state index in [1.165, 1.54) is 11.3 Å². The lowest BCUT2D eigenvalue weighted by molar-refractivity contribution is -0.140. The molecular formula is C28H46BrN5O6. The average molecular weight is 629 g/mol. The molecule has 0 radical (unpaired) electrons. The molecule has 0 aliphatic heterocycles. The van der Waals surface area contributed by atoms with Gasteiger partial charge in [-0.15, -0.1) is 0 Å². The van der Waals surface area contributed by atoms with E-state index in [9.17, 15) is 24.0 Å². The van der Waals surface area contributed by atoms with Crippen molar-refractivity contribution in [3.8, 4) is 0 Å². The van der Waals surface area contributed by atoms with Crippen molar-refractivity contribution in [2.24, 2.45) is 5.92 Å². The lowest BCUT2D eigenvalue weighted by Gasteiger charge is -2.36. The fraction of sp³-hybridized carbons (Fsp3) is 0.821. The number of rotatable bonds is 12. The van der Waals surface area contributed by atoms with E-state index in [2.05, 4.69) is 31.9 Å². The number of carbonyl (C=O) groups excluding carboxylic acids is 4. The largest absolute Gasteiger partial charge is 0.481 e. The minimum Gasteiger partial charge on any atom is -0.481 e. The van der Waals surface area contributed by atoms with E-state index in [-0.39, 0.29) is 61.5 Å². The second-order valence-electron chi connectivity index (χ2n) is 11.7. The topological polar surface area (TPSA) is 148 Å². The van der Waals surface area contributed by atoms with Crippen LogP contribution in [0.15, 0.2) is 0 Å². The number of amides is 5. The molecular weight excluding hydrogens is 582 g/mol. The molecule has 3 aliphatic rings. The summed E-state index contributed by atoms with van der Waals surface area (Å²) in [6, 6.07) is 0.386. The number of carboxylic acid groups (broad SMARTS) is 1. The summed E-state index contributed by atoms with van der Waals surface area (Å²) in [7, 11) is 1.72. The smallest absolute Gasteiger partial charge is 0.315 e. The fourth-order valence-electron chi connectivity index (χ4n) is 6.21. The molecule has 11 nitrogen and oxygen atoms in total. The van der Waals surface area contributed by atoms with Crippen LogP contribution in [0.1, 0.15) is 89.9 Å². The first-order valence-corrected chi connectivity index (χ1v) is 15.7. The Morgan fingerprint density at radius 1 is 0.875 bits per heavy atom. The number of nitrogens with one attached hydrogen (secondary N) is 3. The Balaban J connectivity index is 1.29. The number of alkyl halides is 1. The van der Waals surface area contributed by atoms with Gasteiger partial charge in [-0.2, -0.15) is 0 Å². The van der Waals surface area contributed by atoms with Gasteiger partial charge in [-0.25, -0.2) is 4.79 Å². The molecule has 0 aromatic heterocycles. The molecule has 3 saturated carbocycles. The van der Waals surface area contributed by atoms with E-state index in [0.29, 0.717) is 23.6 Å². The van der Waals surface area contributed by atoms with Crippen molar-refractivity contribution in [2.75, 3.05) is 20.1 Å². The van der Waals surface area contributed by atoms with Crippen LogP contribution in [0.25, 0.3) is 0 Å². The summed E-state index contributed by atoms with van der Waals surface area (Å²) in [5.41, 5.74) is 0. The summed E-state index contributed by atoms with van der Waals surface area (Å²) in [5, 5.41) is 18.2. The molecule has 0 saturated heterocycles. The molecule has 0 heterocycles. The normalized spacial score (nSPS) is 28.6. The summed E-state index contributed by atoms with van der Waals surface area (Å²) in [6.07, 6.45) is 12.0. The predicted octanol–water partition coefficient (Wildman–Crippen LogP) is 2.76. The number of hydrogen-bond donors (Lipinski definition) is 4. The second-order valence-corrected chi connectivity index (χ2v) is 12.9. The van der Waals surface area contributed by atoms with Gasteiger partial charge in [0.15, 0.2) is 0 Å². The third-order valence-electron chi connectivity index (χ3n) is 8.76. The molecule has 226 valence electrons. The Kier molecular flexibility index (Phi) is 13.0. The van der Waals surface area contributed by atoms with Crippen LogP contribution in [0.3, 0.4) is 0 Å². The Labute approximate surface area is 245 Å². The maximum Gasteiger partial charge on any atom is 0.315 e. The Bertz CT molecular complexity index is 875. The van der Waals surface area contributed by atoms with E-state index in [1.54, 1.807) is 11.9 Å². The van der Waals surface area contributed by atoms with Crippen molar-refractivity contribution >= 4 is 46.2 Å². The molecule has 0 spiro atoms. The molecule has 0 bridgehead atoms. The standard InChI is InChI=1S/C28H46BrN5O6/c1-33(26(37)17-34(18-35)15-14-27(38)39)22-12-10-20(11-13-22)30-25(36)16-19-6-8-21(9-7-19)31-28(40)32-24-5-3-2-4-23(24)29/h18-24H,2-17H2,1H3,(H,30,36)(H,38,39)(H2,31,32,40). The third kappa shape index (κ3) is 10.6. The van der Waals surface area contributed by atoms with Crippen LogP contribution in [0.5, 0.6) is 0 Å². The summed E-state index contributed by atoms with van der Waals surface area (Å²) in [6.45, 7) is -0.132. The Morgan fingerprint density at radius 3 is 2.12 bits per heavy atom. The molecule has 3 aliphatic carbocycles. The number of likely N-dealkylation sites (N-methyl/N-ethyl adjacent to an activating group) is 1. The number of urea groups is 1. The molecule has 0 aromatic rings. The van der Waals surface area contributed by atoms with Gasteiger partial charge in [-0.3, -0.25) is 19.2 Å². The molecule has 4 N–H and O–H groups in total. The highest BCUT2D eigenvalue weighted by molar-refractivity contribution is 9.09. The van der Waals surface area contributed by atoms with Gasteiger partial charge in [0.25, 0.3) is 0 Å². The van der Waals surface area contributed by atoms with Crippen molar-refractivity contribution in [1.82, 2.24) is 25.8 Å². The van der Waals surface area contributed by atoms with Crippen LogP contribution in [0.2, 0.25) is 0 Å². The number of nitrogens with zero attached hydrogens (tertiary/aromatic N) is 2. The first-order chi connectivity index (χ1) is 19.1. The lowest BCUT2D eigenvalue weighted by Crippen LogP contribution is -2.50. The lowest BCUT2D eigenvalue weighted by atomic mass is 9.83. The number of aliphatic carboxylic acids is 1. The number of carbonyl (C=O) groups is 5. The first kappa shape index (κ1) is 32.1. The Hall–Kier alpha value is -2.37. The van der Waals surface area contributed by atoms with E-state index >= 15 is 0 Å². The quantitative estimate of drug-likeness (QED) is 0.193. The van der Waals surface area contributed by atoms with Crippen LogP contribution < -0.4 is 16.0 Å². The summed E-state index contributed by atoms with van der Waals surface area (Å²) in [4.78, 5) is 62.9. The van der Waals surface area contributed by atoms with Crippen LogP contribution in [-0.2, 0) is 19.2 Å². The maximum atomic E-state index is 12.7. The zero-order valence-electron chi connectivity index (χ0n) is 23.6. The minimum absolute atomic E-state index is 0.00285. The highest BCUT2D eigenvalue weighted by atomic mass is 79.9. The van der Waals surface area contributed by atoms with Gasteiger partial charge in [0.05, 0.1) is 13.0 Å². The zero-order valence-corrected chi connectivity index (χ0v) is 25.2. The molecule has 3 fully saturated rings. The van der Waals surface area contributed by atoms with Gasteiger partial charge in [0.2, 0.25) is 18.2 Å². The summed E-state index contributed by atoms with van der Waals surface area (Å²) >= 11 is 3.68. The van der Waals surface area contributed by atoms with Crippen LogP contribution >= 0.6 is 15.9 Å². The van der Waals surface area contributed by atoms with E-state index < -0.39 is 5.97 Å². The molecule has 2 unspecified atom stereocenters. The number of carboxylic acids is 1. The van der Waals surface area contributed by atoms with Crippen molar-refractivity contribution in [1.29, 1.82) is 0 Å². The van der Waals surface area contributed by atoms with E-state index in [4.69, 9.17) is 5.11 Å².